The summed E-state index contributed by atoms with van der Waals surface area (Å²) >= 11 is -1.88. The Bertz CT molecular complexity index is 636. The molecule has 23 heavy (non-hydrogen) atoms. The van der Waals surface area contributed by atoms with Gasteiger partial charge in [-0.1, -0.05) is 6.07 Å². The van der Waals surface area contributed by atoms with E-state index in [1.807, 2.05) is 30.3 Å². The number of rotatable bonds is 0. The Morgan fingerprint density at radius 3 is 2.00 bits per heavy atom. The number of benzene rings is 1. The van der Waals surface area contributed by atoms with Crippen molar-refractivity contribution in [2.75, 3.05) is 0 Å². The van der Waals surface area contributed by atoms with Gasteiger partial charge in [-0.25, -0.2) is 12.1 Å². The van der Waals surface area contributed by atoms with Gasteiger partial charge in [0, 0.05) is 0 Å². The van der Waals surface area contributed by atoms with Crippen molar-refractivity contribution >= 4 is 31.0 Å². The maximum absolute atomic E-state index is 5.88. The minimum absolute atomic E-state index is 1.24. The normalized spacial score (nSPS) is 13.6. The van der Waals surface area contributed by atoms with E-state index in [1.54, 1.807) is 0 Å². The molecule has 1 saturated carbocycles. The molecule has 3 aromatic rings. The fourth-order valence-corrected chi connectivity index (χ4v) is 6.59. The van der Waals surface area contributed by atoms with Crippen molar-refractivity contribution < 1.29 is 18.9 Å². The number of halogens is 2. The van der Waals surface area contributed by atoms with Crippen LogP contribution in [0.15, 0.2) is 72.8 Å². The maximum Gasteiger partial charge on any atom is -0.0809 e. The van der Waals surface area contributed by atoms with Gasteiger partial charge in [-0.3, -0.25) is 0 Å². The summed E-state index contributed by atoms with van der Waals surface area (Å²) < 4.78 is 1.53. The van der Waals surface area contributed by atoms with E-state index in [1.165, 1.54) is 46.1 Å². The van der Waals surface area contributed by atoms with Crippen LogP contribution in [-0.4, -0.2) is 3.21 Å². The summed E-state index contributed by atoms with van der Waals surface area (Å²) in [6.07, 6.45) is 6.52. The molecule has 0 radical (unpaired) electrons. The summed E-state index contributed by atoms with van der Waals surface area (Å²) in [5.41, 5.74) is 0. The first kappa shape index (κ1) is 18.8. The van der Waals surface area contributed by atoms with E-state index in [-0.39, 0.29) is 0 Å². The molecule has 4 rings (SSSR count). The Morgan fingerprint density at radius 2 is 1.48 bits per heavy atom. The van der Waals surface area contributed by atoms with Crippen molar-refractivity contribution in [2.24, 2.45) is 0 Å². The van der Waals surface area contributed by atoms with Crippen LogP contribution in [0.2, 0.25) is 0 Å². The van der Waals surface area contributed by atoms with E-state index >= 15 is 0 Å². The van der Waals surface area contributed by atoms with Gasteiger partial charge in [0.2, 0.25) is 0 Å². The average molecular weight is 425 g/mol. The van der Waals surface area contributed by atoms with Crippen LogP contribution in [0.5, 0.6) is 0 Å². The van der Waals surface area contributed by atoms with E-state index in [0.717, 1.165) is 0 Å². The fourth-order valence-electron chi connectivity index (χ4n) is 2.56. The molecular formula is C20H22Cl2Zr-2. The molecule has 3 aromatic carbocycles. The van der Waals surface area contributed by atoms with Gasteiger partial charge in [0.1, 0.15) is 0 Å². The minimum Gasteiger partial charge on any atom is -0.214 e. The monoisotopic (exact) mass is 422 g/mol. The van der Waals surface area contributed by atoms with Gasteiger partial charge in [0.25, 0.3) is 0 Å². The third kappa shape index (κ3) is 7.29. The zero-order valence-corrected chi connectivity index (χ0v) is 17.2. The summed E-state index contributed by atoms with van der Waals surface area (Å²) in [6.45, 7) is 0. The van der Waals surface area contributed by atoms with Gasteiger partial charge >= 0.3 is 71.2 Å². The maximum atomic E-state index is 5.88. The number of hydrogen-bond acceptors (Lipinski definition) is 0. The topological polar surface area (TPSA) is 0 Å². The Hall–Kier alpha value is -0.487. The molecule has 1 aliphatic carbocycles. The molecule has 0 spiro atoms. The summed E-state index contributed by atoms with van der Waals surface area (Å²) in [5.74, 6) is 0. The number of fused-ring (bicyclic) bond motifs is 1. The molecule has 0 aliphatic heterocycles. The zero-order valence-electron chi connectivity index (χ0n) is 13.2. The largest absolute Gasteiger partial charge is 0.214 e. The molecule has 0 N–H and O–H groups in total. The molecule has 0 bridgehead atoms. The molecule has 0 unspecified atom stereocenters. The van der Waals surface area contributed by atoms with Crippen molar-refractivity contribution in [1.29, 1.82) is 0 Å². The Kier molecular flexibility index (Phi) is 9.12. The number of hydrogen-bond donors (Lipinski definition) is 0. The first-order valence-corrected chi connectivity index (χ1v) is 15.6. The predicted molar refractivity (Wildman–Crippen MR) is 101 cm³/mol. The first-order valence-electron chi connectivity index (χ1n) is 8.07. The first-order chi connectivity index (χ1) is 11.3. The molecule has 0 atom stereocenters. The van der Waals surface area contributed by atoms with Gasteiger partial charge < -0.3 is 0 Å². The van der Waals surface area contributed by atoms with Crippen molar-refractivity contribution in [3.05, 3.63) is 72.8 Å². The molecular weight excluding hydrogens is 402 g/mol. The van der Waals surface area contributed by atoms with Gasteiger partial charge in [-0.05, 0) is 0 Å². The second-order valence-corrected chi connectivity index (χ2v) is 14.2. The van der Waals surface area contributed by atoms with E-state index in [0.29, 0.717) is 0 Å². The van der Waals surface area contributed by atoms with Crippen LogP contribution >= 0.6 is 17.0 Å². The molecule has 0 heterocycles. The van der Waals surface area contributed by atoms with Crippen LogP contribution in [0.4, 0.5) is 0 Å². The van der Waals surface area contributed by atoms with E-state index in [2.05, 4.69) is 42.5 Å². The second-order valence-electron chi connectivity index (χ2n) is 5.54. The summed E-state index contributed by atoms with van der Waals surface area (Å²) in [7, 11) is 11.8. The van der Waals surface area contributed by atoms with Crippen LogP contribution in [0.3, 0.4) is 0 Å². The zero-order chi connectivity index (χ0) is 16.3. The smallest absolute Gasteiger partial charge is 0.0809 e. The van der Waals surface area contributed by atoms with Gasteiger partial charge in [-0.15, -0.1) is 29.7 Å². The molecule has 0 amide bonds. The van der Waals surface area contributed by atoms with Gasteiger partial charge in [-0.2, -0.15) is 35.7 Å². The molecule has 0 nitrogen and oxygen atoms in total. The SMILES string of the molecule is [Cl][Zr]([Cl])=[C]1CCCCC1.c1cc[cH-]c1.c1ccc2[cH-]ccc2c1. The van der Waals surface area contributed by atoms with Crippen LogP contribution in [0.1, 0.15) is 32.1 Å². The summed E-state index contributed by atoms with van der Waals surface area (Å²) in [4.78, 5) is 0. The van der Waals surface area contributed by atoms with E-state index < -0.39 is 18.9 Å². The standard InChI is InChI=1S/C9H7.C6H10.C5H5.2ClH.Zr/c1-2-5-9-7-3-6-8(9)4-1;1-2-4-6-5-3-1;1-2-4-5-3-1;;;/h1-7H;1-5H2;1-5H;2*1H;/q-1;;-1;;;+2/p-2. The van der Waals surface area contributed by atoms with Crippen molar-refractivity contribution in [1.82, 2.24) is 0 Å². The van der Waals surface area contributed by atoms with Crippen molar-refractivity contribution in [3.8, 4) is 0 Å². The fraction of sp³-hybridized carbons (Fsp3) is 0.250. The Morgan fingerprint density at radius 1 is 0.783 bits per heavy atom. The quantitative estimate of drug-likeness (QED) is 0.340. The second kappa shape index (κ2) is 11.1. The molecule has 3 heteroatoms. The third-order valence-electron chi connectivity index (χ3n) is 3.83. The van der Waals surface area contributed by atoms with Crippen molar-refractivity contribution in [3.63, 3.8) is 0 Å². The molecule has 1 aliphatic rings. The van der Waals surface area contributed by atoms with Crippen LogP contribution in [0.25, 0.3) is 10.8 Å². The van der Waals surface area contributed by atoms with E-state index in [9.17, 15) is 0 Å². The van der Waals surface area contributed by atoms with Gasteiger partial charge in [0.15, 0.2) is 0 Å². The third-order valence-corrected chi connectivity index (χ3v) is 9.53. The average Bonchev–Trinajstić information content (AvgIpc) is 3.30. The molecule has 122 valence electrons. The van der Waals surface area contributed by atoms with Gasteiger partial charge in [0.05, 0.1) is 0 Å². The van der Waals surface area contributed by atoms with E-state index in [4.69, 9.17) is 17.0 Å². The molecule has 0 saturated heterocycles. The molecule has 1 fully saturated rings. The Balaban J connectivity index is 0.000000131. The van der Waals surface area contributed by atoms with Crippen molar-refractivity contribution in [2.45, 2.75) is 32.1 Å². The summed E-state index contributed by atoms with van der Waals surface area (Å²) in [6, 6.07) is 24.7. The molecule has 0 aromatic heterocycles. The van der Waals surface area contributed by atoms with Crippen LogP contribution in [-0.2, 0) is 18.9 Å². The van der Waals surface area contributed by atoms with Crippen LogP contribution < -0.4 is 0 Å². The minimum atomic E-state index is -1.88. The predicted octanol–water partition coefficient (Wildman–Crippen LogP) is 7.01. The Labute approximate surface area is 154 Å². The summed E-state index contributed by atoms with van der Waals surface area (Å²) in [5, 5.41) is 2.66. The van der Waals surface area contributed by atoms with Crippen LogP contribution in [0, 0.1) is 0 Å².